The lowest BCUT2D eigenvalue weighted by molar-refractivity contribution is -0.137. The van der Waals surface area contributed by atoms with Gasteiger partial charge in [0.1, 0.15) is 0 Å². The van der Waals surface area contributed by atoms with Crippen molar-refractivity contribution in [3.05, 3.63) is 81.4 Å². The molecule has 0 bridgehead atoms. The predicted molar refractivity (Wildman–Crippen MR) is 104 cm³/mol. The minimum atomic E-state index is -4.40. The SMILES string of the molecule is CN(Cc1cccc(C(F)(F)F)c1)C1(n2[nH]c3c(c2=O)CCCC3)C=CC=CN1. The van der Waals surface area contributed by atoms with Crippen molar-refractivity contribution in [1.29, 1.82) is 0 Å². The van der Waals surface area contributed by atoms with Crippen LogP contribution in [0.1, 0.15) is 35.2 Å². The molecule has 0 amide bonds. The number of aromatic nitrogens is 2. The van der Waals surface area contributed by atoms with E-state index < -0.39 is 17.5 Å². The second kappa shape index (κ2) is 7.26. The number of nitrogens with one attached hydrogen (secondary N) is 2. The quantitative estimate of drug-likeness (QED) is 0.820. The number of hydrogen-bond donors (Lipinski definition) is 2. The molecule has 1 aromatic heterocycles. The molecular formula is C21H23F3N4O. The summed E-state index contributed by atoms with van der Waals surface area (Å²) in [5, 5.41) is 6.48. The van der Waals surface area contributed by atoms with Crippen molar-refractivity contribution in [2.45, 2.75) is 44.2 Å². The van der Waals surface area contributed by atoms with E-state index >= 15 is 0 Å². The summed E-state index contributed by atoms with van der Waals surface area (Å²) in [6.45, 7) is 0.214. The third-order valence-electron chi connectivity index (χ3n) is 5.60. The number of nitrogens with zero attached hydrogens (tertiary/aromatic N) is 2. The smallest absolute Gasteiger partial charge is 0.352 e. The molecule has 5 nitrogen and oxygen atoms in total. The lowest BCUT2D eigenvalue weighted by atomic mass is 9.98. The number of rotatable bonds is 4. The van der Waals surface area contributed by atoms with Gasteiger partial charge in [0, 0.05) is 17.8 Å². The van der Waals surface area contributed by atoms with Crippen LogP contribution in [0.15, 0.2) is 53.5 Å². The highest BCUT2D eigenvalue weighted by Crippen LogP contribution is 2.31. The van der Waals surface area contributed by atoms with E-state index in [1.807, 2.05) is 23.1 Å². The maximum atomic E-state index is 13.1. The number of fused-ring (bicyclic) bond motifs is 1. The molecule has 0 saturated heterocycles. The van der Waals surface area contributed by atoms with Crippen molar-refractivity contribution in [3.63, 3.8) is 0 Å². The number of aryl methyl sites for hydroxylation is 1. The number of allylic oxidation sites excluding steroid dienone is 2. The predicted octanol–water partition coefficient (Wildman–Crippen LogP) is 3.49. The summed E-state index contributed by atoms with van der Waals surface area (Å²) in [6.07, 6.45) is 6.39. The number of alkyl halides is 3. The van der Waals surface area contributed by atoms with Crippen LogP contribution in [-0.2, 0) is 31.3 Å². The number of H-pyrrole nitrogens is 1. The maximum absolute atomic E-state index is 13.1. The Morgan fingerprint density at radius 3 is 2.69 bits per heavy atom. The second-order valence-corrected chi connectivity index (χ2v) is 7.56. The summed E-state index contributed by atoms with van der Waals surface area (Å²) >= 11 is 0. The molecule has 1 aliphatic carbocycles. The summed E-state index contributed by atoms with van der Waals surface area (Å²) in [4.78, 5) is 14.9. The molecule has 0 radical (unpaired) electrons. The summed E-state index contributed by atoms with van der Waals surface area (Å²) < 4.78 is 40.8. The summed E-state index contributed by atoms with van der Waals surface area (Å²) in [5.74, 6) is -1.03. The van der Waals surface area contributed by atoms with Crippen molar-refractivity contribution in [2.24, 2.45) is 0 Å². The summed E-state index contributed by atoms with van der Waals surface area (Å²) in [5.41, 5.74) is 1.47. The molecule has 1 unspecified atom stereocenters. The third-order valence-corrected chi connectivity index (χ3v) is 5.60. The van der Waals surface area contributed by atoms with E-state index in [1.54, 1.807) is 24.0 Å². The van der Waals surface area contributed by atoms with Crippen molar-refractivity contribution in [2.75, 3.05) is 7.05 Å². The number of hydrogen-bond acceptors (Lipinski definition) is 3. The van der Waals surface area contributed by atoms with Gasteiger partial charge in [-0.15, -0.1) is 0 Å². The fourth-order valence-electron chi connectivity index (χ4n) is 4.08. The number of aromatic amines is 1. The number of halogens is 3. The number of likely N-dealkylation sites (N-methyl/N-ethyl adjacent to an activating group) is 1. The molecule has 29 heavy (non-hydrogen) atoms. The molecule has 0 spiro atoms. The highest BCUT2D eigenvalue weighted by atomic mass is 19.4. The van der Waals surface area contributed by atoms with Gasteiger partial charge in [0.25, 0.3) is 5.56 Å². The zero-order valence-corrected chi connectivity index (χ0v) is 16.1. The van der Waals surface area contributed by atoms with Gasteiger partial charge in [0.15, 0.2) is 0 Å². The molecule has 2 N–H and O–H groups in total. The molecule has 0 saturated carbocycles. The van der Waals surface area contributed by atoms with Crippen LogP contribution in [0.25, 0.3) is 0 Å². The van der Waals surface area contributed by atoms with Crippen LogP contribution in [0.2, 0.25) is 0 Å². The van der Waals surface area contributed by atoms with Crippen LogP contribution in [-0.4, -0.2) is 21.7 Å². The Kier molecular flexibility index (Phi) is 4.90. The van der Waals surface area contributed by atoms with E-state index in [9.17, 15) is 18.0 Å². The van der Waals surface area contributed by atoms with Crippen LogP contribution < -0.4 is 10.9 Å². The van der Waals surface area contributed by atoms with E-state index in [2.05, 4.69) is 10.4 Å². The van der Waals surface area contributed by atoms with Crippen LogP contribution >= 0.6 is 0 Å². The largest absolute Gasteiger partial charge is 0.416 e. The van der Waals surface area contributed by atoms with Crippen molar-refractivity contribution < 1.29 is 13.2 Å². The van der Waals surface area contributed by atoms with Gasteiger partial charge in [-0.2, -0.15) is 13.2 Å². The fourth-order valence-corrected chi connectivity index (χ4v) is 4.08. The topological polar surface area (TPSA) is 53.1 Å². The van der Waals surface area contributed by atoms with Gasteiger partial charge in [0.05, 0.1) is 5.56 Å². The highest BCUT2D eigenvalue weighted by molar-refractivity contribution is 5.27. The molecule has 4 rings (SSSR count). The highest BCUT2D eigenvalue weighted by Gasteiger charge is 2.38. The molecule has 2 aliphatic rings. The van der Waals surface area contributed by atoms with Gasteiger partial charge >= 0.3 is 6.18 Å². The summed E-state index contributed by atoms with van der Waals surface area (Å²) in [6, 6.07) is 5.27. The lowest BCUT2D eigenvalue weighted by Gasteiger charge is -2.41. The number of benzene rings is 1. The molecule has 0 fully saturated rings. The first-order valence-corrected chi connectivity index (χ1v) is 9.64. The Hall–Kier alpha value is -2.74. The molecular weight excluding hydrogens is 381 g/mol. The molecule has 2 heterocycles. The fraction of sp³-hybridized carbons (Fsp3) is 0.381. The van der Waals surface area contributed by atoms with Gasteiger partial charge in [-0.05, 0) is 62.7 Å². The zero-order valence-electron chi connectivity index (χ0n) is 16.1. The van der Waals surface area contributed by atoms with E-state index in [0.717, 1.165) is 49.1 Å². The van der Waals surface area contributed by atoms with E-state index in [-0.39, 0.29) is 12.1 Å². The molecule has 1 aliphatic heterocycles. The molecule has 2 aromatic rings. The van der Waals surface area contributed by atoms with Crippen molar-refractivity contribution in [3.8, 4) is 0 Å². The second-order valence-electron chi connectivity index (χ2n) is 7.56. The molecule has 1 aromatic carbocycles. The van der Waals surface area contributed by atoms with Gasteiger partial charge in [-0.25, -0.2) is 4.68 Å². The van der Waals surface area contributed by atoms with Gasteiger partial charge in [0.2, 0.25) is 5.79 Å². The van der Waals surface area contributed by atoms with E-state index in [1.165, 1.54) is 6.07 Å². The van der Waals surface area contributed by atoms with Gasteiger partial charge in [-0.3, -0.25) is 14.8 Å². The van der Waals surface area contributed by atoms with Crippen molar-refractivity contribution in [1.82, 2.24) is 20.0 Å². The van der Waals surface area contributed by atoms with Crippen LogP contribution in [0.4, 0.5) is 13.2 Å². The molecule has 1 atom stereocenters. The van der Waals surface area contributed by atoms with Gasteiger partial charge in [-0.1, -0.05) is 24.3 Å². The van der Waals surface area contributed by atoms with Gasteiger partial charge < -0.3 is 5.32 Å². The Bertz CT molecular complexity index is 1020. The molecule has 8 heteroatoms. The zero-order chi connectivity index (χ0) is 20.6. The normalized spacial score (nSPS) is 21.3. The standard InChI is InChI=1S/C21H23F3N4O/c1-27(14-15-7-6-8-16(13-15)21(22,23)24)20(11-4-5-12-25-20)28-19(29)17-9-2-3-10-18(17)26-28/h4-8,11-13,25-26H,2-3,9-10,14H2,1H3. The molecule has 154 valence electrons. The first-order chi connectivity index (χ1) is 13.8. The van der Waals surface area contributed by atoms with E-state index in [0.29, 0.717) is 5.56 Å². The average molecular weight is 404 g/mol. The van der Waals surface area contributed by atoms with Crippen LogP contribution in [0.3, 0.4) is 0 Å². The average Bonchev–Trinajstić information content (AvgIpc) is 3.05. The first-order valence-electron chi connectivity index (χ1n) is 9.64. The summed E-state index contributed by atoms with van der Waals surface area (Å²) in [7, 11) is 1.78. The first kappa shape index (κ1) is 19.6. The van der Waals surface area contributed by atoms with E-state index in [4.69, 9.17) is 0 Å². The van der Waals surface area contributed by atoms with Crippen molar-refractivity contribution >= 4 is 0 Å². The maximum Gasteiger partial charge on any atom is 0.416 e. The minimum absolute atomic E-state index is 0.0944. The Morgan fingerprint density at radius 2 is 2.00 bits per heavy atom. The Labute approximate surface area is 166 Å². The lowest BCUT2D eigenvalue weighted by Crippen LogP contribution is -2.59. The van der Waals surface area contributed by atoms with Crippen LogP contribution in [0.5, 0.6) is 0 Å². The minimum Gasteiger partial charge on any atom is -0.352 e. The number of dihydropyridines is 1. The van der Waals surface area contributed by atoms with Crippen LogP contribution in [0, 0.1) is 0 Å². The Balaban J connectivity index is 1.71. The monoisotopic (exact) mass is 404 g/mol. The third kappa shape index (κ3) is 3.53. The Morgan fingerprint density at radius 1 is 1.21 bits per heavy atom.